The first-order valence-corrected chi connectivity index (χ1v) is 6.82. The van der Waals surface area contributed by atoms with E-state index in [4.69, 9.17) is 4.74 Å². The normalized spacial score (nSPS) is 19.5. The molecule has 4 heteroatoms. The number of hydrogen-bond acceptors (Lipinski definition) is 3. The standard InChI is InChI=1S/C13H16BrNO2/c14-11-6-2-8-15-13(11)12(16)7-1-4-10-5-3-9-17-10/h2,6,8,10H,1,3-5,7,9H2. The molecule has 2 rings (SSSR count). The monoisotopic (exact) mass is 297 g/mol. The molecular weight excluding hydrogens is 282 g/mol. The van der Waals surface area contributed by atoms with Crippen molar-refractivity contribution in [2.75, 3.05) is 6.61 Å². The van der Waals surface area contributed by atoms with Gasteiger partial charge in [-0.2, -0.15) is 0 Å². The summed E-state index contributed by atoms with van der Waals surface area (Å²) in [6.07, 6.45) is 6.73. The summed E-state index contributed by atoms with van der Waals surface area (Å²) in [5.41, 5.74) is 0.542. The van der Waals surface area contributed by atoms with Gasteiger partial charge in [0.2, 0.25) is 0 Å². The summed E-state index contributed by atoms with van der Waals surface area (Å²) in [6, 6.07) is 3.66. The highest BCUT2D eigenvalue weighted by molar-refractivity contribution is 9.10. The molecule has 0 spiro atoms. The van der Waals surface area contributed by atoms with Crippen LogP contribution in [0.5, 0.6) is 0 Å². The molecule has 92 valence electrons. The van der Waals surface area contributed by atoms with Gasteiger partial charge in [0.15, 0.2) is 5.78 Å². The van der Waals surface area contributed by atoms with Crippen LogP contribution in [0.1, 0.15) is 42.6 Å². The molecule has 1 saturated heterocycles. The Balaban J connectivity index is 1.79. The molecular formula is C13H16BrNO2. The topological polar surface area (TPSA) is 39.2 Å². The van der Waals surface area contributed by atoms with Crippen molar-refractivity contribution in [1.82, 2.24) is 4.98 Å². The van der Waals surface area contributed by atoms with Crippen LogP contribution < -0.4 is 0 Å². The number of ketones is 1. The number of aromatic nitrogens is 1. The van der Waals surface area contributed by atoms with Crippen molar-refractivity contribution in [2.45, 2.75) is 38.2 Å². The van der Waals surface area contributed by atoms with Crippen molar-refractivity contribution in [2.24, 2.45) is 0 Å². The smallest absolute Gasteiger partial charge is 0.182 e. The van der Waals surface area contributed by atoms with Gasteiger partial charge in [0.1, 0.15) is 5.69 Å². The second-order valence-corrected chi connectivity index (χ2v) is 5.14. The van der Waals surface area contributed by atoms with E-state index in [0.717, 1.165) is 36.8 Å². The Morgan fingerprint density at radius 2 is 2.47 bits per heavy atom. The van der Waals surface area contributed by atoms with E-state index < -0.39 is 0 Å². The first-order chi connectivity index (χ1) is 8.27. The van der Waals surface area contributed by atoms with Crippen molar-refractivity contribution in [3.63, 3.8) is 0 Å². The molecule has 0 amide bonds. The van der Waals surface area contributed by atoms with E-state index >= 15 is 0 Å². The lowest BCUT2D eigenvalue weighted by Gasteiger charge is -2.08. The molecule has 0 aromatic carbocycles. The molecule has 17 heavy (non-hydrogen) atoms. The molecule has 0 radical (unpaired) electrons. The number of carbonyl (C=O) groups excluding carboxylic acids is 1. The van der Waals surface area contributed by atoms with E-state index in [-0.39, 0.29) is 5.78 Å². The van der Waals surface area contributed by atoms with Gasteiger partial charge in [-0.3, -0.25) is 9.78 Å². The van der Waals surface area contributed by atoms with Crippen LogP contribution in [0.25, 0.3) is 0 Å². The fourth-order valence-electron chi connectivity index (χ4n) is 2.07. The van der Waals surface area contributed by atoms with Gasteiger partial charge in [0, 0.05) is 23.7 Å². The van der Waals surface area contributed by atoms with Crippen LogP contribution in [-0.2, 0) is 4.74 Å². The fraction of sp³-hybridized carbons (Fsp3) is 0.538. The Hall–Kier alpha value is -0.740. The zero-order valence-corrected chi connectivity index (χ0v) is 11.3. The second-order valence-electron chi connectivity index (χ2n) is 4.28. The van der Waals surface area contributed by atoms with Gasteiger partial charge < -0.3 is 4.74 Å². The third kappa shape index (κ3) is 3.61. The first-order valence-electron chi connectivity index (χ1n) is 6.02. The largest absolute Gasteiger partial charge is 0.378 e. The van der Waals surface area contributed by atoms with E-state index in [1.165, 1.54) is 0 Å². The van der Waals surface area contributed by atoms with Gasteiger partial charge in [-0.1, -0.05) is 0 Å². The molecule has 1 fully saturated rings. The third-order valence-corrected chi connectivity index (χ3v) is 3.62. The summed E-state index contributed by atoms with van der Waals surface area (Å²) in [5.74, 6) is 0.107. The summed E-state index contributed by atoms with van der Waals surface area (Å²) < 4.78 is 6.31. The number of pyridine rings is 1. The molecule has 3 nitrogen and oxygen atoms in total. The van der Waals surface area contributed by atoms with E-state index in [2.05, 4.69) is 20.9 Å². The average Bonchev–Trinajstić information content (AvgIpc) is 2.82. The lowest BCUT2D eigenvalue weighted by molar-refractivity contribution is 0.0919. The number of hydrogen-bond donors (Lipinski definition) is 0. The minimum atomic E-state index is 0.107. The second kappa shape index (κ2) is 6.26. The van der Waals surface area contributed by atoms with Gasteiger partial charge in [-0.15, -0.1) is 0 Å². The quantitative estimate of drug-likeness (QED) is 0.782. The molecule has 0 N–H and O–H groups in total. The van der Waals surface area contributed by atoms with E-state index in [1.807, 2.05) is 12.1 Å². The zero-order chi connectivity index (χ0) is 12.1. The summed E-state index contributed by atoms with van der Waals surface area (Å²) >= 11 is 3.35. The lowest BCUT2D eigenvalue weighted by atomic mass is 10.1. The Kier molecular flexibility index (Phi) is 4.68. The lowest BCUT2D eigenvalue weighted by Crippen LogP contribution is -2.07. The molecule has 1 atom stereocenters. The van der Waals surface area contributed by atoms with Crippen molar-refractivity contribution in [3.8, 4) is 0 Å². The summed E-state index contributed by atoms with van der Waals surface area (Å²) in [7, 11) is 0. The molecule has 1 unspecified atom stereocenters. The third-order valence-electron chi connectivity index (χ3n) is 2.98. The molecule has 0 saturated carbocycles. The van der Waals surface area contributed by atoms with Crippen LogP contribution in [0.3, 0.4) is 0 Å². The Morgan fingerprint density at radius 3 is 3.18 bits per heavy atom. The van der Waals surface area contributed by atoms with Crippen LogP contribution >= 0.6 is 15.9 Å². The molecule has 0 aliphatic carbocycles. The summed E-state index contributed by atoms with van der Waals surface area (Å²) in [6.45, 7) is 0.879. The highest BCUT2D eigenvalue weighted by atomic mass is 79.9. The summed E-state index contributed by atoms with van der Waals surface area (Å²) in [4.78, 5) is 16.0. The Labute approximate surface area is 110 Å². The number of carbonyl (C=O) groups is 1. The molecule has 1 aromatic heterocycles. The highest BCUT2D eigenvalue weighted by Crippen LogP contribution is 2.20. The Bertz CT molecular complexity index is 389. The minimum absolute atomic E-state index is 0.107. The van der Waals surface area contributed by atoms with Crippen molar-refractivity contribution < 1.29 is 9.53 Å². The number of rotatable bonds is 5. The number of nitrogens with zero attached hydrogens (tertiary/aromatic N) is 1. The van der Waals surface area contributed by atoms with Crippen molar-refractivity contribution >= 4 is 21.7 Å². The first kappa shape index (κ1) is 12.7. The number of Topliss-reactive ketones (excluding diaryl/α,β-unsaturated/α-hetero) is 1. The average molecular weight is 298 g/mol. The highest BCUT2D eigenvalue weighted by Gasteiger charge is 2.16. The van der Waals surface area contributed by atoms with Crippen LogP contribution in [0, 0.1) is 0 Å². The van der Waals surface area contributed by atoms with Crippen LogP contribution in [0.2, 0.25) is 0 Å². The maximum Gasteiger partial charge on any atom is 0.182 e. The van der Waals surface area contributed by atoms with Gasteiger partial charge in [-0.05, 0) is 53.7 Å². The van der Waals surface area contributed by atoms with E-state index in [1.54, 1.807) is 6.20 Å². The zero-order valence-electron chi connectivity index (χ0n) is 9.69. The molecule has 1 aliphatic rings. The fourth-order valence-corrected chi connectivity index (χ4v) is 2.55. The van der Waals surface area contributed by atoms with Gasteiger partial charge in [0.25, 0.3) is 0 Å². The molecule has 2 heterocycles. The predicted molar refractivity (Wildman–Crippen MR) is 69.1 cm³/mol. The van der Waals surface area contributed by atoms with Gasteiger partial charge >= 0.3 is 0 Å². The van der Waals surface area contributed by atoms with Crippen LogP contribution in [0.15, 0.2) is 22.8 Å². The van der Waals surface area contributed by atoms with E-state index in [0.29, 0.717) is 18.2 Å². The van der Waals surface area contributed by atoms with Crippen molar-refractivity contribution in [1.29, 1.82) is 0 Å². The SMILES string of the molecule is O=C(CCCC1CCCO1)c1ncccc1Br. The number of halogens is 1. The minimum Gasteiger partial charge on any atom is -0.378 e. The van der Waals surface area contributed by atoms with Gasteiger partial charge in [-0.25, -0.2) is 0 Å². The van der Waals surface area contributed by atoms with Gasteiger partial charge in [0.05, 0.1) is 6.10 Å². The van der Waals surface area contributed by atoms with Crippen molar-refractivity contribution in [3.05, 3.63) is 28.5 Å². The maximum atomic E-state index is 11.9. The predicted octanol–water partition coefficient (Wildman–Crippen LogP) is 3.38. The van der Waals surface area contributed by atoms with Crippen LogP contribution in [-0.4, -0.2) is 23.5 Å². The van der Waals surface area contributed by atoms with Crippen LogP contribution in [0.4, 0.5) is 0 Å². The Morgan fingerprint density at radius 1 is 1.59 bits per heavy atom. The molecule has 1 aliphatic heterocycles. The summed E-state index contributed by atoms with van der Waals surface area (Å²) in [5, 5.41) is 0. The number of ether oxygens (including phenoxy) is 1. The maximum absolute atomic E-state index is 11.9. The molecule has 1 aromatic rings. The van der Waals surface area contributed by atoms with E-state index in [9.17, 15) is 4.79 Å². The molecule has 0 bridgehead atoms.